The summed E-state index contributed by atoms with van der Waals surface area (Å²) in [4.78, 5) is 36.8. The molecule has 2 atom stereocenters. The number of para-hydroxylation sites is 1. The highest BCUT2D eigenvalue weighted by atomic mass is 79.9. The average molecular weight is 469 g/mol. The van der Waals surface area contributed by atoms with Crippen molar-refractivity contribution in [3.05, 3.63) is 40.5 Å². The van der Waals surface area contributed by atoms with Crippen LogP contribution in [0.1, 0.15) is 0 Å². The van der Waals surface area contributed by atoms with Gasteiger partial charge in [0.25, 0.3) is 5.91 Å². The number of ether oxygens (including phenoxy) is 1. The monoisotopic (exact) mass is 468 g/mol. The third-order valence-corrected chi connectivity index (χ3v) is 6.24. The first-order valence-corrected chi connectivity index (χ1v) is 10.1. The van der Waals surface area contributed by atoms with Crippen LogP contribution in [-0.2, 0) is 14.4 Å². The van der Waals surface area contributed by atoms with Crippen LogP contribution in [0.2, 0.25) is 0 Å². The Hall–Kier alpha value is -2.53. The number of nitrogens with one attached hydrogen (secondary N) is 2. The first-order valence-electron chi connectivity index (χ1n) is 8.27. The Morgan fingerprint density at radius 3 is 2.86 bits per heavy atom. The lowest BCUT2D eigenvalue weighted by molar-refractivity contribution is -0.150. The molecule has 11 heteroatoms. The minimum absolute atomic E-state index is 0.0691. The molecule has 148 valence electrons. The van der Waals surface area contributed by atoms with Crippen molar-refractivity contribution in [3.63, 3.8) is 0 Å². The smallest absolute Gasteiger partial charge is 0.353 e. The maximum atomic E-state index is 12.3. The van der Waals surface area contributed by atoms with Crippen molar-refractivity contribution in [2.24, 2.45) is 5.10 Å². The van der Waals surface area contributed by atoms with Crippen molar-refractivity contribution in [3.8, 4) is 5.75 Å². The minimum atomic E-state index is -1.18. The zero-order valence-corrected chi connectivity index (χ0v) is 16.9. The summed E-state index contributed by atoms with van der Waals surface area (Å²) in [6.07, 6.45) is 1.48. The number of carboxylic acid groups (broad SMARTS) is 1. The molecule has 0 aromatic heterocycles. The van der Waals surface area contributed by atoms with Crippen LogP contribution in [0.25, 0.3) is 0 Å². The normalized spacial score (nSPS) is 21.2. The van der Waals surface area contributed by atoms with Crippen molar-refractivity contribution in [1.82, 2.24) is 15.6 Å². The van der Waals surface area contributed by atoms with E-state index in [1.807, 2.05) is 30.3 Å². The van der Waals surface area contributed by atoms with Crippen molar-refractivity contribution in [2.45, 2.75) is 11.4 Å². The number of benzene rings is 1. The van der Waals surface area contributed by atoms with E-state index in [4.69, 9.17) is 4.74 Å². The molecule has 0 aliphatic carbocycles. The fourth-order valence-electron chi connectivity index (χ4n) is 2.68. The van der Waals surface area contributed by atoms with Crippen LogP contribution >= 0.6 is 27.7 Å². The number of carbonyl (C=O) groups excluding carboxylic acids is 2. The first kappa shape index (κ1) is 20.2. The fourth-order valence-corrected chi connectivity index (χ4v) is 4.62. The lowest BCUT2D eigenvalue weighted by atomic mass is 10.1. The fraction of sp³-hybridized carbons (Fsp3) is 0.294. The van der Waals surface area contributed by atoms with Gasteiger partial charge in [0, 0.05) is 10.2 Å². The molecule has 9 nitrogen and oxygen atoms in total. The number of hydrogen-bond donors (Lipinski definition) is 3. The number of carbonyl (C=O) groups is 3. The van der Waals surface area contributed by atoms with E-state index in [0.29, 0.717) is 16.0 Å². The molecule has 3 N–H and O–H groups in total. The molecule has 2 heterocycles. The Morgan fingerprint density at radius 1 is 1.39 bits per heavy atom. The lowest BCUT2D eigenvalue weighted by Crippen LogP contribution is -2.70. The largest absolute Gasteiger partial charge is 0.488 e. The molecule has 2 aliphatic rings. The highest BCUT2D eigenvalue weighted by Gasteiger charge is 2.53. The van der Waals surface area contributed by atoms with Crippen LogP contribution in [0.5, 0.6) is 5.75 Å². The van der Waals surface area contributed by atoms with Crippen molar-refractivity contribution in [2.75, 3.05) is 18.9 Å². The number of carboxylic acids is 1. The number of thioether (sulfide) groups is 1. The molecule has 1 saturated heterocycles. The molecule has 0 saturated carbocycles. The summed E-state index contributed by atoms with van der Waals surface area (Å²) in [5.41, 5.74) is 2.51. The zero-order valence-electron chi connectivity index (χ0n) is 14.5. The van der Waals surface area contributed by atoms with Gasteiger partial charge in [-0.3, -0.25) is 14.5 Å². The van der Waals surface area contributed by atoms with Crippen LogP contribution in [0.15, 0.2) is 45.6 Å². The van der Waals surface area contributed by atoms with Gasteiger partial charge < -0.3 is 20.6 Å². The maximum Gasteiger partial charge on any atom is 0.353 e. The Bertz CT molecular complexity index is 832. The van der Waals surface area contributed by atoms with Gasteiger partial charge in [0.2, 0.25) is 5.91 Å². The van der Waals surface area contributed by atoms with Crippen LogP contribution in [0.3, 0.4) is 0 Å². The topological polar surface area (TPSA) is 120 Å². The van der Waals surface area contributed by atoms with E-state index >= 15 is 0 Å². The van der Waals surface area contributed by atoms with Gasteiger partial charge >= 0.3 is 5.97 Å². The Labute approximate surface area is 173 Å². The van der Waals surface area contributed by atoms with Gasteiger partial charge in [0.05, 0.1) is 6.21 Å². The number of nitrogens with zero attached hydrogens (tertiary/aromatic N) is 2. The SMILES string of the molecule is O=C(CN/N=C/COc1ccccc1)NC1C(=O)N2C(C(=O)O)=C(Br)CSC12. The molecule has 3 rings (SSSR count). The molecular formula is C17H17BrN4O5S. The predicted molar refractivity (Wildman–Crippen MR) is 107 cm³/mol. The molecule has 1 fully saturated rings. The molecule has 1 aromatic carbocycles. The van der Waals surface area contributed by atoms with E-state index in [1.54, 1.807) is 0 Å². The number of aliphatic carboxylic acids is 1. The predicted octanol–water partition coefficient (Wildman–Crippen LogP) is 0.732. The molecule has 0 spiro atoms. The quantitative estimate of drug-likeness (QED) is 0.292. The second kappa shape index (κ2) is 9.11. The summed E-state index contributed by atoms with van der Waals surface area (Å²) in [5.74, 6) is -0.896. The number of halogens is 1. The van der Waals surface area contributed by atoms with Gasteiger partial charge in [0.15, 0.2) is 0 Å². The standard InChI is InChI=1S/C17H17BrN4O5S/c18-11-9-28-16-13(15(24)22(16)14(11)17(25)26)21-12(23)8-20-19-6-7-27-10-4-2-1-3-5-10/h1-6,13,16,20H,7-9H2,(H,21,23)(H,25,26)/b19-6+. The zero-order chi connectivity index (χ0) is 20.1. The third kappa shape index (κ3) is 4.47. The number of amides is 2. The number of fused-ring (bicyclic) bond motifs is 1. The Kier molecular flexibility index (Phi) is 6.57. The molecule has 1 aromatic rings. The summed E-state index contributed by atoms with van der Waals surface area (Å²) in [7, 11) is 0. The van der Waals surface area contributed by atoms with Gasteiger partial charge in [0.1, 0.15) is 36.0 Å². The van der Waals surface area contributed by atoms with Crippen LogP contribution < -0.4 is 15.5 Å². The van der Waals surface area contributed by atoms with E-state index in [9.17, 15) is 19.5 Å². The number of β-lactam (4-membered cyclic amide) rings is 1. The molecule has 2 unspecified atom stereocenters. The maximum absolute atomic E-state index is 12.3. The van der Waals surface area contributed by atoms with Crippen LogP contribution in [0, 0.1) is 0 Å². The van der Waals surface area contributed by atoms with E-state index in [-0.39, 0.29) is 18.8 Å². The number of hydrazone groups is 1. The van der Waals surface area contributed by atoms with E-state index in [1.165, 1.54) is 22.9 Å². The van der Waals surface area contributed by atoms with E-state index in [2.05, 4.69) is 31.8 Å². The highest BCUT2D eigenvalue weighted by Crippen LogP contribution is 2.41. The molecular weight excluding hydrogens is 452 g/mol. The molecule has 2 aliphatic heterocycles. The number of rotatable bonds is 8. The van der Waals surface area contributed by atoms with Crippen molar-refractivity contribution < 1.29 is 24.2 Å². The summed E-state index contributed by atoms with van der Waals surface area (Å²) in [5, 5.41) is 15.3. The minimum Gasteiger partial charge on any atom is -0.488 e. The average Bonchev–Trinajstić information content (AvgIpc) is 2.69. The number of hydrogen-bond acceptors (Lipinski definition) is 7. The van der Waals surface area contributed by atoms with E-state index in [0.717, 1.165) is 0 Å². The summed E-state index contributed by atoms with van der Waals surface area (Å²) in [6, 6.07) is 8.49. The summed E-state index contributed by atoms with van der Waals surface area (Å²) < 4.78 is 5.87. The van der Waals surface area contributed by atoms with Gasteiger partial charge in [-0.25, -0.2) is 4.79 Å². The molecule has 2 amide bonds. The lowest BCUT2D eigenvalue weighted by Gasteiger charge is -2.48. The third-order valence-electron chi connectivity index (χ3n) is 3.93. The van der Waals surface area contributed by atoms with Gasteiger partial charge in [-0.2, -0.15) is 5.10 Å². The van der Waals surface area contributed by atoms with E-state index < -0.39 is 29.2 Å². The molecule has 0 bridgehead atoms. The molecule has 0 radical (unpaired) electrons. The summed E-state index contributed by atoms with van der Waals surface area (Å²) >= 11 is 4.57. The van der Waals surface area contributed by atoms with Crippen LogP contribution in [0.4, 0.5) is 0 Å². The van der Waals surface area contributed by atoms with Gasteiger partial charge in [-0.15, -0.1) is 11.8 Å². The van der Waals surface area contributed by atoms with Gasteiger partial charge in [-0.05, 0) is 12.1 Å². The van der Waals surface area contributed by atoms with Crippen LogP contribution in [-0.4, -0.2) is 64.3 Å². The Balaban J connectivity index is 1.41. The highest BCUT2D eigenvalue weighted by molar-refractivity contribution is 9.11. The van der Waals surface area contributed by atoms with Crippen molar-refractivity contribution >= 4 is 51.7 Å². The Morgan fingerprint density at radius 2 is 2.14 bits per heavy atom. The van der Waals surface area contributed by atoms with Crippen molar-refractivity contribution in [1.29, 1.82) is 0 Å². The first-order chi connectivity index (χ1) is 13.5. The second-order valence-corrected chi connectivity index (χ2v) is 7.85. The van der Waals surface area contributed by atoms with Gasteiger partial charge in [-0.1, -0.05) is 34.1 Å². The summed E-state index contributed by atoms with van der Waals surface area (Å²) in [6.45, 7) is 0.126. The second-order valence-electron chi connectivity index (χ2n) is 5.78. The molecule has 28 heavy (non-hydrogen) atoms.